The van der Waals surface area contributed by atoms with Crippen molar-refractivity contribution in [1.29, 1.82) is 0 Å². The average Bonchev–Trinajstić information content (AvgIpc) is 3.01. The number of hydrogen-bond donors (Lipinski definition) is 2. The lowest BCUT2D eigenvalue weighted by Gasteiger charge is -2.08. The van der Waals surface area contributed by atoms with Crippen molar-refractivity contribution in [2.75, 3.05) is 31.3 Å². The van der Waals surface area contributed by atoms with Crippen molar-refractivity contribution in [3.05, 3.63) is 29.3 Å². The average molecular weight is 367 g/mol. The number of hydrogen-bond acceptors (Lipinski definition) is 7. The van der Waals surface area contributed by atoms with Crippen LogP contribution < -0.4 is 10.6 Å². The standard InChI is InChI=1S/C16H22N4O2S2/c1-11-6-4-7-13(12(11)2)18-15-19-20-16(24-15)23-10-14(21)17-8-5-9-22-3/h4,6-7H,5,8-10H2,1-3H3,(H,17,21)(H,18,19). The molecule has 6 nitrogen and oxygen atoms in total. The van der Waals surface area contributed by atoms with Crippen LogP contribution in [0.3, 0.4) is 0 Å². The van der Waals surface area contributed by atoms with Gasteiger partial charge in [-0.05, 0) is 37.5 Å². The second kappa shape index (κ2) is 9.61. The number of methoxy groups -OCH3 is 1. The quantitative estimate of drug-likeness (QED) is 0.524. The second-order valence-corrected chi connectivity index (χ2v) is 7.43. The van der Waals surface area contributed by atoms with Crippen molar-refractivity contribution in [1.82, 2.24) is 15.5 Å². The molecule has 0 saturated heterocycles. The van der Waals surface area contributed by atoms with Crippen LogP contribution in [0.15, 0.2) is 22.5 Å². The van der Waals surface area contributed by atoms with Gasteiger partial charge in [0.1, 0.15) is 0 Å². The molecule has 0 radical (unpaired) electrons. The molecular formula is C16H22N4O2S2. The lowest BCUT2D eigenvalue weighted by atomic mass is 10.1. The highest BCUT2D eigenvalue weighted by Crippen LogP contribution is 2.29. The van der Waals surface area contributed by atoms with Crippen molar-refractivity contribution < 1.29 is 9.53 Å². The Hall–Kier alpha value is -1.64. The molecule has 1 heterocycles. The molecule has 1 amide bonds. The molecule has 0 unspecified atom stereocenters. The van der Waals surface area contributed by atoms with E-state index in [9.17, 15) is 4.79 Å². The van der Waals surface area contributed by atoms with Crippen LogP contribution in [-0.2, 0) is 9.53 Å². The monoisotopic (exact) mass is 366 g/mol. The fourth-order valence-electron chi connectivity index (χ4n) is 1.94. The third kappa shape index (κ3) is 5.77. The normalized spacial score (nSPS) is 10.6. The first-order valence-electron chi connectivity index (χ1n) is 7.65. The molecule has 2 N–H and O–H groups in total. The summed E-state index contributed by atoms with van der Waals surface area (Å²) in [6.07, 6.45) is 0.815. The topological polar surface area (TPSA) is 76.1 Å². The van der Waals surface area contributed by atoms with Crippen molar-refractivity contribution in [3.63, 3.8) is 0 Å². The largest absolute Gasteiger partial charge is 0.385 e. The van der Waals surface area contributed by atoms with Crippen LogP contribution in [0, 0.1) is 13.8 Å². The zero-order valence-corrected chi connectivity index (χ0v) is 15.7. The van der Waals surface area contributed by atoms with Crippen LogP contribution in [0.4, 0.5) is 10.8 Å². The fraction of sp³-hybridized carbons (Fsp3) is 0.438. The molecule has 0 atom stereocenters. The molecule has 8 heteroatoms. The highest BCUT2D eigenvalue weighted by Gasteiger charge is 2.09. The molecule has 1 aromatic carbocycles. The minimum atomic E-state index is -0.00431. The van der Waals surface area contributed by atoms with E-state index in [1.54, 1.807) is 7.11 Å². The number of nitrogens with zero attached hydrogens (tertiary/aromatic N) is 2. The van der Waals surface area contributed by atoms with Gasteiger partial charge >= 0.3 is 0 Å². The van der Waals surface area contributed by atoms with Gasteiger partial charge < -0.3 is 15.4 Å². The van der Waals surface area contributed by atoms with Crippen LogP contribution >= 0.6 is 23.1 Å². The Morgan fingerprint density at radius 3 is 2.96 bits per heavy atom. The molecule has 0 bridgehead atoms. The van der Waals surface area contributed by atoms with Gasteiger partial charge in [-0.2, -0.15) is 0 Å². The summed E-state index contributed by atoms with van der Waals surface area (Å²) >= 11 is 2.84. The van der Waals surface area contributed by atoms with Gasteiger partial charge in [-0.1, -0.05) is 35.2 Å². The Balaban J connectivity index is 1.81. The summed E-state index contributed by atoms with van der Waals surface area (Å²) in [6.45, 7) is 5.43. The molecule has 0 saturated carbocycles. The van der Waals surface area contributed by atoms with E-state index in [1.807, 2.05) is 12.1 Å². The maximum absolute atomic E-state index is 11.7. The van der Waals surface area contributed by atoms with E-state index in [0.717, 1.165) is 21.6 Å². The highest BCUT2D eigenvalue weighted by atomic mass is 32.2. The zero-order chi connectivity index (χ0) is 17.4. The van der Waals surface area contributed by atoms with Crippen molar-refractivity contribution >= 4 is 39.8 Å². The summed E-state index contributed by atoms with van der Waals surface area (Å²) in [5, 5.41) is 15.1. The minimum Gasteiger partial charge on any atom is -0.385 e. The lowest BCUT2D eigenvalue weighted by molar-refractivity contribution is -0.118. The highest BCUT2D eigenvalue weighted by molar-refractivity contribution is 8.01. The van der Waals surface area contributed by atoms with Crippen LogP contribution in [0.1, 0.15) is 17.5 Å². The number of benzene rings is 1. The van der Waals surface area contributed by atoms with Crippen LogP contribution in [0.5, 0.6) is 0 Å². The third-order valence-corrected chi connectivity index (χ3v) is 5.40. The van der Waals surface area contributed by atoms with Crippen LogP contribution in [-0.4, -0.2) is 42.1 Å². The number of nitrogens with one attached hydrogen (secondary N) is 2. The lowest BCUT2D eigenvalue weighted by Crippen LogP contribution is -2.26. The van der Waals surface area contributed by atoms with Gasteiger partial charge in [-0.3, -0.25) is 4.79 Å². The Morgan fingerprint density at radius 1 is 1.33 bits per heavy atom. The van der Waals surface area contributed by atoms with E-state index in [0.29, 0.717) is 18.9 Å². The first kappa shape index (κ1) is 18.7. The zero-order valence-electron chi connectivity index (χ0n) is 14.1. The number of amides is 1. The second-order valence-electron chi connectivity index (χ2n) is 5.23. The number of aromatic nitrogens is 2. The van der Waals surface area contributed by atoms with Crippen LogP contribution in [0.2, 0.25) is 0 Å². The number of thioether (sulfide) groups is 1. The molecule has 24 heavy (non-hydrogen) atoms. The van der Waals surface area contributed by atoms with E-state index in [-0.39, 0.29) is 5.91 Å². The number of anilines is 2. The van der Waals surface area contributed by atoms with Gasteiger partial charge in [0.15, 0.2) is 4.34 Å². The molecule has 2 rings (SSSR count). The number of ether oxygens (including phenoxy) is 1. The summed E-state index contributed by atoms with van der Waals surface area (Å²) in [4.78, 5) is 11.7. The molecule has 0 spiro atoms. The van der Waals surface area contributed by atoms with E-state index in [2.05, 4.69) is 40.7 Å². The van der Waals surface area contributed by atoms with Crippen LogP contribution in [0.25, 0.3) is 0 Å². The maximum atomic E-state index is 11.7. The Labute approximate surface area is 150 Å². The number of rotatable bonds is 9. The van der Waals surface area contributed by atoms with Gasteiger partial charge in [-0.25, -0.2) is 0 Å². The molecular weight excluding hydrogens is 344 g/mol. The molecule has 0 aliphatic rings. The minimum absolute atomic E-state index is 0.00431. The van der Waals surface area contributed by atoms with Crippen molar-refractivity contribution in [2.45, 2.75) is 24.6 Å². The Morgan fingerprint density at radius 2 is 2.17 bits per heavy atom. The first-order chi connectivity index (χ1) is 11.6. The Kier molecular flexibility index (Phi) is 7.48. The summed E-state index contributed by atoms with van der Waals surface area (Å²) in [6, 6.07) is 6.10. The predicted octanol–water partition coefficient (Wildman–Crippen LogP) is 3.14. The molecule has 1 aromatic heterocycles. The van der Waals surface area contributed by atoms with Gasteiger partial charge in [0.25, 0.3) is 0 Å². The fourth-order valence-corrected chi connectivity index (χ4v) is 3.54. The Bertz CT molecular complexity index is 676. The van der Waals surface area contributed by atoms with E-state index >= 15 is 0 Å². The molecule has 0 aliphatic carbocycles. The first-order valence-corrected chi connectivity index (χ1v) is 9.45. The van der Waals surface area contributed by atoms with Gasteiger partial charge in [0.05, 0.1) is 5.75 Å². The molecule has 0 aliphatic heterocycles. The van der Waals surface area contributed by atoms with E-state index < -0.39 is 0 Å². The number of aryl methyl sites for hydroxylation is 1. The predicted molar refractivity (Wildman–Crippen MR) is 99.3 cm³/mol. The maximum Gasteiger partial charge on any atom is 0.230 e. The smallest absolute Gasteiger partial charge is 0.230 e. The van der Waals surface area contributed by atoms with E-state index in [1.165, 1.54) is 34.2 Å². The number of carbonyl (C=O) groups excluding carboxylic acids is 1. The summed E-state index contributed by atoms with van der Waals surface area (Å²) in [5.74, 6) is 0.334. The van der Waals surface area contributed by atoms with Crippen molar-refractivity contribution in [3.8, 4) is 0 Å². The number of carbonyl (C=O) groups is 1. The SMILES string of the molecule is COCCCNC(=O)CSc1nnc(Nc2cccc(C)c2C)s1. The van der Waals surface area contributed by atoms with E-state index in [4.69, 9.17) is 4.74 Å². The molecule has 0 fully saturated rings. The van der Waals surface area contributed by atoms with Crippen molar-refractivity contribution in [2.24, 2.45) is 0 Å². The summed E-state index contributed by atoms with van der Waals surface area (Å²) in [7, 11) is 1.65. The molecule has 2 aromatic rings. The van der Waals surface area contributed by atoms with Gasteiger partial charge in [0.2, 0.25) is 11.0 Å². The molecule has 130 valence electrons. The van der Waals surface area contributed by atoms with Gasteiger partial charge in [-0.15, -0.1) is 10.2 Å². The summed E-state index contributed by atoms with van der Waals surface area (Å²) in [5.41, 5.74) is 3.44. The third-order valence-electron chi connectivity index (χ3n) is 3.43. The summed E-state index contributed by atoms with van der Waals surface area (Å²) < 4.78 is 5.71. The van der Waals surface area contributed by atoms with Gasteiger partial charge in [0, 0.05) is 25.9 Å².